The molecule has 0 heterocycles. The van der Waals surface area contributed by atoms with E-state index in [0.29, 0.717) is 11.6 Å². The van der Waals surface area contributed by atoms with Crippen molar-refractivity contribution in [2.45, 2.75) is 11.8 Å². The minimum atomic E-state index is -0.300. The maximum Gasteiger partial charge on any atom is 0.223 e. The van der Waals surface area contributed by atoms with E-state index in [-0.39, 0.29) is 5.82 Å². The van der Waals surface area contributed by atoms with Crippen molar-refractivity contribution in [2.75, 3.05) is 0 Å². The molecule has 2 nitrogen and oxygen atoms in total. The van der Waals surface area contributed by atoms with Gasteiger partial charge in [0.2, 0.25) is 5.90 Å². The molecular formula is C22H18FNOS. The first-order valence-electron chi connectivity index (χ1n) is 8.17. The van der Waals surface area contributed by atoms with Gasteiger partial charge in [-0.2, -0.15) is 0 Å². The summed E-state index contributed by atoms with van der Waals surface area (Å²) in [6.45, 7) is 1.95. The highest BCUT2D eigenvalue weighted by molar-refractivity contribution is 8.02. The quantitative estimate of drug-likeness (QED) is 0.288. The molecule has 0 saturated heterocycles. The Kier molecular flexibility index (Phi) is 6.23. The molecule has 0 aliphatic heterocycles. The molecule has 0 fully saturated rings. The third-order valence-corrected chi connectivity index (χ3v) is 4.48. The molecule has 3 aromatic carbocycles. The van der Waals surface area contributed by atoms with Crippen LogP contribution in [0.1, 0.15) is 6.92 Å². The Morgan fingerprint density at radius 2 is 1.50 bits per heavy atom. The van der Waals surface area contributed by atoms with Gasteiger partial charge < -0.3 is 4.74 Å². The maximum absolute atomic E-state index is 13.1. The monoisotopic (exact) mass is 363 g/mol. The third-order valence-electron chi connectivity index (χ3n) is 3.47. The van der Waals surface area contributed by atoms with Crippen molar-refractivity contribution in [1.29, 1.82) is 0 Å². The van der Waals surface area contributed by atoms with E-state index < -0.39 is 0 Å². The average molecular weight is 363 g/mol. The smallest absolute Gasteiger partial charge is 0.223 e. The van der Waals surface area contributed by atoms with Gasteiger partial charge in [0.25, 0.3) is 0 Å². The molecule has 0 atom stereocenters. The summed E-state index contributed by atoms with van der Waals surface area (Å²) in [7, 11) is 0. The van der Waals surface area contributed by atoms with E-state index in [1.807, 2.05) is 73.0 Å². The van der Waals surface area contributed by atoms with Gasteiger partial charge in [-0.25, -0.2) is 9.38 Å². The molecule has 26 heavy (non-hydrogen) atoms. The number of halogens is 1. The molecule has 0 N–H and O–H groups in total. The van der Waals surface area contributed by atoms with Crippen molar-refractivity contribution in [2.24, 2.45) is 4.99 Å². The van der Waals surface area contributed by atoms with Gasteiger partial charge in [-0.3, -0.25) is 0 Å². The molecule has 3 rings (SSSR count). The van der Waals surface area contributed by atoms with E-state index in [2.05, 4.69) is 4.99 Å². The second kappa shape index (κ2) is 9.02. The van der Waals surface area contributed by atoms with Crippen LogP contribution in [0, 0.1) is 5.82 Å². The predicted molar refractivity (Wildman–Crippen MR) is 107 cm³/mol. The lowest BCUT2D eigenvalue weighted by atomic mass is 10.3. The number of hydrogen-bond acceptors (Lipinski definition) is 3. The fourth-order valence-corrected chi connectivity index (χ4v) is 2.86. The summed E-state index contributed by atoms with van der Waals surface area (Å²) in [6, 6.07) is 25.6. The zero-order valence-electron chi connectivity index (χ0n) is 14.3. The van der Waals surface area contributed by atoms with Crippen LogP contribution in [0.2, 0.25) is 0 Å². The van der Waals surface area contributed by atoms with Gasteiger partial charge in [-0.15, -0.1) is 0 Å². The highest BCUT2D eigenvalue weighted by atomic mass is 32.2. The van der Waals surface area contributed by atoms with Crippen molar-refractivity contribution >= 4 is 23.3 Å². The van der Waals surface area contributed by atoms with Gasteiger partial charge in [-0.05, 0) is 60.9 Å². The summed E-state index contributed by atoms with van der Waals surface area (Å²) in [4.78, 5) is 5.74. The first-order chi connectivity index (χ1) is 12.7. The number of rotatable bonds is 5. The molecule has 0 bridgehead atoms. The molecule has 3 aromatic rings. The standard InChI is InChI=1S/C22H18FNOS/c1-17(16-26-21-10-6-3-7-11-21)22(24-19-8-4-2-5-9-19)25-20-14-12-18(23)13-15-20/h2-16H,1H3/b17-16+,24-22+. The highest BCUT2D eigenvalue weighted by Gasteiger charge is 2.07. The zero-order valence-corrected chi connectivity index (χ0v) is 15.1. The number of aliphatic imine (C=N–C) groups is 1. The number of hydrogen-bond donors (Lipinski definition) is 0. The van der Waals surface area contributed by atoms with Crippen LogP contribution >= 0.6 is 11.8 Å². The van der Waals surface area contributed by atoms with E-state index in [4.69, 9.17) is 4.74 Å². The van der Waals surface area contributed by atoms with Crippen LogP contribution in [-0.4, -0.2) is 5.90 Å². The lowest BCUT2D eigenvalue weighted by molar-refractivity contribution is 0.546. The Morgan fingerprint density at radius 3 is 2.15 bits per heavy atom. The lowest BCUT2D eigenvalue weighted by Crippen LogP contribution is -2.09. The van der Waals surface area contributed by atoms with E-state index in [0.717, 1.165) is 16.2 Å². The van der Waals surface area contributed by atoms with E-state index in [1.165, 1.54) is 12.1 Å². The molecule has 130 valence electrons. The molecule has 0 unspecified atom stereocenters. The minimum Gasteiger partial charge on any atom is -0.439 e. The van der Waals surface area contributed by atoms with E-state index in [1.54, 1.807) is 23.9 Å². The number of para-hydroxylation sites is 1. The average Bonchev–Trinajstić information content (AvgIpc) is 2.69. The van der Waals surface area contributed by atoms with Gasteiger partial charge in [0.15, 0.2) is 0 Å². The maximum atomic E-state index is 13.1. The summed E-state index contributed by atoms with van der Waals surface area (Å²) in [5.74, 6) is 0.718. The topological polar surface area (TPSA) is 21.6 Å². The van der Waals surface area contributed by atoms with Gasteiger partial charge in [-0.1, -0.05) is 48.2 Å². The lowest BCUT2D eigenvalue weighted by Gasteiger charge is -2.10. The summed E-state index contributed by atoms with van der Waals surface area (Å²) >= 11 is 1.60. The number of benzene rings is 3. The third kappa shape index (κ3) is 5.33. The van der Waals surface area contributed by atoms with Crippen LogP contribution in [-0.2, 0) is 0 Å². The van der Waals surface area contributed by atoms with Gasteiger partial charge in [0, 0.05) is 10.5 Å². The van der Waals surface area contributed by atoms with Crippen LogP contribution in [0.4, 0.5) is 10.1 Å². The SMILES string of the molecule is CC(=C\Sc1ccccc1)/C(=N\c1ccccc1)Oc1ccc(F)cc1. The molecule has 4 heteroatoms. The summed E-state index contributed by atoms with van der Waals surface area (Å²) in [5, 5.41) is 2.00. The van der Waals surface area contributed by atoms with Crippen molar-refractivity contribution in [1.82, 2.24) is 0 Å². The van der Waals surface area contributed by atoms with E-state index in [9.17, 15) is 4.39 Å². The number of ether oxygens (including phenoxy) is 1. The fourth-order valence-electron chi connectivity index (χ4n) is 2.13. The molecule has 0 radical (unpaired) electrons. The second-order valence-corrected chi connectivity index (χ2v) is 6.48. The molecular weight excluding hydrogens is 345 g/mol. The van der Waals surface area contributed by atoms with E-state index >= 15 is 0 Å². The molecule has 0 aliphatic carbocycles. The van der Waals surface area contributed by atoms with Crippen molar-refractivity contribution in [3.63, 3.8) is 0 Å². The first kappa shape index (κ1) is 18.0. The Hall–Kier alpha value is -2.85. The molecule has 0 aromatic heterocycles. The zero-order chi connectivity index (χ0) is 18.2. The second-order valence-electron chi connectivity index (χ2n) is 5.54. The summed E-state index contributed by atoms with van der Waals surface area (Å²) in [6.07, 6.45) is 0. The molecule has 0 amide bonds. The fraction of sp³-hybridized carbons (Fsp3) is 0.0455. The van der Waals surface area contributed by atoms with Gasteiger partial charge in [0.1, 0.15) is 11.6 Å². The Bertz CT molecular complexity index is 890. The van der Waals surface area contributed by atoms with Gasteiger partial charge >= 0.3 is 0 Å². The Morgan fingerprint density at radius 1 is 0.885 bits per heavy atom. The molecule has 0 saturated carbocycles. The van der Waals surface area contributed by atoms with Crippen molar-refractivity contribution in [3.8, 4) is 5.75 Å². The van der Waals surface area contributed by atoms with Crippen LogP contribution in [0.3, 0.4) is 0 Å². The highest BCUT2D eigenvalue weighted by Crippen LogP contribution is 2.23. The minimum absolute atomic E-state index is 0.300. The first-order valence-corrected chi connectivity index (χ1v) is 9.05. The molecule has 0 aliphatic rings. The van der Waals surface area contributed by atoms with Crippen molar-refractivity contribution < 1.29 is 9.13 Å². The van der Waals surface area contributed by atoms with Crippen LogP contribution in [0.5, 0.6) is 5.75 Å². The normalized spacial score (nSPS) is 12.1. The van der Waals surface area contributed by atoms with Gasteiger partial charge in [0.05, 0.1) is 5.69 Å². The van der Waals surface area contributed by atoms with Crippen LogP contribution in [0.15, 0.2) is 106 Å². The Balaban J connectivity index is 1.86. The summed E-state index contributed by atoms with van der Waals surface area (Å²) in [5.41, 5.74) is 1.68. The summed E-state index contributed by atoms with van der Waals surface area (Å²) < 4.78 is 19.1. The number of thioether (sulfide) groups is 1. The number of nitrogens with zero attached hydrogens (tertiary/aromatic N) is 1. The largest absolute Gasteiger partial charge is 0.439 e. The Labute approximate surface area is 157 Å². The van der Waals surface area contributed by atoms with Crippen LogP contribution < -0.4 is 4.74 Å². The van der Waals surface area contributed by atoms with Crippen molar-refractivity contribution in [3.05, 3.63) is 102 Å². The predicted octanol–water partition coefficient (Wildman–Crippen LogP) is 6.63. The van der Waals surface area contributed by atoms with Crippen LogP contribution in [0.25, 0.3) is 0 Å². The molecule has 0 spiro atoms.